The SMILES string of the molecule is C[C@]1(c2ccccc2)CCN(C2CCCN(C(=O)O)C2Cc2ccccc2)C1=O. The highest BCUT2D eigenvalue weighted by Crippen LogP contribution is 2.39. The number of carbonyl (C=O) groups excluding carboxylic acids is 1. The molecule has 2 amide bonds. The molecule has 0 bridgehead atoms. The van der Waals surface area contributed by atoms with Crippen molar-refractivity contribution in [3.8, 4) is 0 Å². The predicted molar refractivity (Wildman–Crippen MR) is 112 cm³/mol. The summed E-state index contributed by atoms with van der Waals surface area (Å²) in [6.45, 7) is 3.23. The molecule has 1 N–H and O–H groups in total. The number of hydrogen-bond donors (Lipinski definition) is 1. The van der Waals surface area contributed by atoms with Gasteiger partial charge in [0.15, 0.2) is 0 Å². The van der Waals surface area contributed by atoms with Crippen LogP contribution in [0.2, 0.25) is 0 Å². The second kappa shape index (κ2) is 7.90. The molecule has 2 saturated heterocycles. The van der Waals surface area contributed by atoms with Gasteiger partial charge in [-0.25, -0.2) is 4.79 Å². The van der Waals surface area contributed by atoms with Crippen LogP contribution in [0.5, 0.6) is 0 Å². The molecule has 5 heteroatoms. The molecule has 0 aliphatic carbocycles. The van der Waals surface area contributed by atoms with E-state index in [1.807, 2.05) is 72.5 Å². The molecule has 2 aromatic rings. The predicted octanol–water partition coefficient (Wildman–Crippen LogP) is 3.93. The molecule has 0 spiro atoms. The Morgan fingerprint density at radius 2 is 1.72 bits per heavy atom. The van der Waals surface area contributed by atoms with Gasteiger partial charge in [-0.2, -0.15) is 0 Å². The fourth-order valence-electron chi connectivity index (χ4n) is 5.00. The lowest BCUT2D eigenvalue weighted by Crippen LogP contribution is -2.58. The number of likely N-dealkylation sites (tertiary alicyclic amines) is 2. The molecular formula is C24H28N2O3. The van der Waals surface area contributed by atoms with Crippen LogP contribution in [-0.2, 0) is 16.6 Å². The highest BCUT2D eigenvalue weighted by Gasteiger charge is 2.49. The minimum absolute atomic E-state index is 0.0851. The number of carboxylic acid groups (broad SMARTS) is 1. The minimum atomic E-state index is -0.895. The average Bonchev–Trinajstić information content (AvgIpc) is 3.05. The molecule has 2 aliphatic heterocycles. The lowest BCUT2D eigenvalue weighted by Gasteiger charge is -2.44. The standard InChI is InChI=1S/C24H28N2O3/c1-24(19-11-6-3-7-12-19)14-16-25(22(24)27)20-13-8-15-26(23(28)29)21(20)17-18-9-4-2-5-10-18/h2-7,9-12,20-21H,8,13-17H2,1H3,(H,28,29)/t20?,21?,24-/m1/s1. The van der Waals surface area contributed by atoms with Crippen LogP contribution in [0.1, 0.15) is 37.3 Å². The average molecular weight is 392 g/mol. The van der Waals surface area contributed by atoms with Crippen LogP contribution in [0.15, 0.2) is 60.7 Å². The second-order valence-corrected chi connectivity index (χ2v) is 8.39. The highest BCUT2D eigenvalue weighted by atomic mass is 16.4. The van der Waals surface area contributed by atoms with Crippen molar-refractivity contribution in [2.24, 2.45) is 0 Å². The Kier molecular flexibility index (Phi) is 5.31. The van der Waals surface area contributed by atoms with Gasteiger partial charge in [-0.1, -0.05) is 60.7 Å². The van der Waals surface area contributed by atoms with E-state index in [9.17, 15) is 14.7 Å². The van der Waals surface area contributed by atoms with E-state index in [4.69, 9.17) is 0 Å². The van der Waals surface area contributed by atoms with Crippen molar-refractivity contribution in [2.45, 2.75) is 50.1 Å². The van der Waals surface area contributed by atoms with Gasteiger partial charge in [0.05, 0.1) is 17.5 Å². The third-order valence-corrected chi connectivity index (χ3v) is 6.67. The zero-order chi connectivity index (χ0) is 20.4. The Balaban J connectivity index is 1.63. The fourth-order valence-corrected chi connectivity index (χ4v) is 5.00. The Morgan fingerprint density at radius 1 is 1.07 bits per heavy atom. The summed E-state index contributed by atoms with van der Waals surface area (Å²) in [5.74, 6) is 0.124. The number of amides is 2. The van der Waals surface area contributed by atoms with Gasteiger partial charge >= 0.3 is 6.09 Å². The Hall–Kier alpha value is -2.82. The van der Waals surface area contributed by atoms with Crippen LogP contribution < -0.4 is 0 Å². The van der Waals surface area contributed by atoms with Crippen LogP contribution >= 0.6 is 0 Å². The molecule has 29 heavy (non-hydrogen) atoms. The fraction of sp³-hybridized carbons (Fsp3) is 0.417. The molecule has 2 aromatic carbocycles. The van der Waals surface area contributed by atoms with E-state index in [0.717, 1.165) is 30.4 Å². The van der Waals surface area contributed by atoms with E-state index in [0.29, 0.717) is 19.5 Å². The van der Waals surface area contributed by atoms with Gasteiger partial charge in [0.2, 0.25) is 5.91 Å². The highest BCUT2D eigenvalue weighted by molar-refractivity contribution is 5.90. The summed E-state index contributed by atoms with van der Waals surface area (Å²) in [7, 11) is 0. The molecule has 3 atom stereocenters. The summed E-state index contributed by atoms with van der Waals surface area (Å²) in [5, 5.41) is 9.82. The maximum atomic E-state index is 13.6. The van der Waals surface area contributed by atoms with Gasteiger partial charge in [-0.3, -0.25) is 4.79 Å². The van der Waals surface area contributed by atoms with Crippen molar-refractivity contribution in [3.05, 3.63) is 71.8 Å². The van der Waals surface area contributed by atoms with Crippen molar-refractivity contribution >= 4 is 12.0 Å². The van der Waals surface area contributed by atoms with Crippen molar-refractivity contribution in [1.82, 2.24) is 9.80 Å². The van der Waals surface area contributed by atoms with E-state index in [1.165, 1.54) is 0 Å². The molecule has 0 radical (unpaired) electrons. The lowest BCUT2D eigenvalue weighted by molar-refractivity contribution is -0.136. The van der Waals surface area contributed by atoms with Crippen LogP contribution in [0.25, 0.3) is 0 Å². The Bertz CT molecular complexity index is 870. The molecule has 0 saturated carbocycles. The summed E-state index contributed by atoms with van der Waals surface area (Å²) < 4.78 is 0. The smallest absolute Gasteiger partial charge is 0.407 e. The van der Waals surface area contributed by atoms with Crippen LogP contribution in [0.3, 0.4) is 0 Å². The maximum Gasteiger partial charge on any atom is 0.407 e. The van der Waals surface area contributed by atoms with Crippen molar-refractivity contribution in [3.63, 3.8) is 0 Å². The number of rotatable bonds is 4. The largest absolute Gasteiger partial charge is 0.465 e. The Labute approximate surface area is 171 Å². The Morgan fingerprint density at radius 3 is 2.38 bits per heavy atom. The molecule has 5 nitrogen and oxygen atoms in total. The summed E-state index contributed by atoms with van der Waals surface area (Å²) in [4.78, 5) is 29.0. The molecule has 2 unspecified atom stereocenters. The number of piperidine rings is 1. The number of benzene rings is 2. The molecule has 2 heterocycles. The van der Waals surface area contributed by atoms with Crippen LogP contribution in [-0.4, -0.2) is 52.1 Å². The van der Waals surface area contributed by atoms with Crippen molar-refractivity contribution in [1.29, 1.82) is 0 Å². The minimum Gasteiger partial charge on any atom is -0.465 e. The van der Waals surface area contributed by atoms with Crippen molar-refractivity contribution < 1.29 is 14.7 Å². The molecular weight excluding hydrogens is 364 g/mol. The first-order valence-corrected chi connectivity index (χ1v) is 10.4. The third-order valence-electron chi connectivity index (χ3n) is 6.67. The molecule has 2 aliphatic rings. The van der Waals surface area contributed by atoms with Gasteiger partial charge in [-0.15, -0.1) is 0 Å². The van der Waals surface area contributed by atoms with Gasteiger partial charge < -0.3 is 14.9 Å². The first-order chi connectivity index (χ1) is 14.0. The maximum absolute atomic E-state index is 13.6. The van der Waals surface area contributed by atoms with Crippen LogP contribution in [0.4, 0.5) is 4.79 Å². The first-order valence-electron chi connectivity index (χ1n) is 10.4. The normalized spacial score (nSPS) is 27.3. The molecule has 152 valence electrons. The quantitative estimate of drug-likeness (QED) is 0.858. The van der Waals surface area contributed by atoms with Gasteiger partial charge in [0, 0.05) is 13.1 Å². The van der Waals surface area contributed by atoms with Crippen molar-refractivity contribution in [2.75, 3.05) is 13.1 Å². The summed E-state index contributed by atoms with van der Waals surface area (Å²) in [6.07, 6.45) is 2.13. The van der Waals surface area contributed by atoms with E-state index < -0.39 is 11.5 Å². The summed E-state index contributed by atoms with van der Waals surface area (Å²) >= 11 is 0. The van der Waals surface area contributed by atoms with E-state index in [2.05, 4.69) is 0 Å². The zero-order valence-electron chi connectivity index (χ0n) is 16.8. The zero-order valence-corrected chi connectivity index (χ0v) is 16.8. The number of nitrogens with zero attached hydrogens (tertiary/aromatic N) is 2. The van der Waals surface area contributed by atoms with Gasteiger partial charge in [0.25, 0.3) is 0 Å². The van der Waals surface area contributed by atoms with E-state index in [-0.39, 0.29) is 18.0 Å². The summed E-state index contributed by atoms with van der Waals surface area (Å²) in [5.41, 5.74) is 1.61. The topological polar surface area (TPSA) is 60.9 Å². The van der Waals surface area contributed by atoms with Crippen LogP contribution in [0, 0.1) is 0 Å². The first kappa shape index (κ1) is 19.5. The second-order valence-electron chi connectivity index (χ2n) is 8.39. The third kappa shape index (κ3) is 3.61. The molecule has 0 aromatic heterocycles. The molecule has 2 fully saturated rings. The summed E-state index contributed by atoms with van der Waals surface area (Å²) in [6, 6.07) is 19.6. The monoisotopic (exact) mass is 392 g/mol. The van der Waals surface area contributed by atoms with Gasteiger partial charge in [-0.05, 0) is 43.7 Å². The molecule has 4 rings (SSSR count). The van der Waals surface area contributed by atoms with Gasteiger partial charge in [0.1, 0.15) is 0 Å². The van der Waals surface area contributed by atoms with E-state index >= 15 is 0 Å². The number of hydrogen-bond acceptors (Lipinski definition) is 2. The lowest BCUT2D eigenvalue weighted by atomic mass is 9.81. The number of carbonyl (C=O) groups is 2. The van der Waals surface area contributed by atoms with E-state index in [1.54, 1.807) is 4.90 Å².